The minimum Gasteiger partial charge on any atom is -0.497 e. The quantitative estimate of drug-likeness (QED) is 0.639. The molecule has 5 nitrogen and oxygen atoms in total. The number of hydrogen-bond acceptors (Lipinski definition) is 5. The third-order valence-electron chi connectivity index (χ3n) is 4.00. The van der Waals surface area contributed by atoms with E-state index in [0.717, 1.165) is 11.3 Å². The number of anilines is 1. The molecule has 0 aliphatic heterocycles. The molecule has 1 aromatic heterocycles. The standard InChI is InChI=1S/C21H21N3O2S/c1-14-7-8-18(15(2)11-14)19-9-10-21(24-23-19)27-13-20(25)22-16-5-4-6-17(12-16)26-3/h4-12H,13H2,1-3H3,(H,22,25). The van der Waals surface area contributed by atoms with Crippen LogP contribution in [-0.2, 0) is 4.79 Å². The molecule has 0 saturated heterocycles. The van der Waals surface area contributed by atoms with E-state index >= 15 is 0 Å². The van der Waals surface area contributed by atoms with Gasteiger partial charge in [-0.25, -0.2) is 0 Å². The fraction of sp³-hybridized carbons (Fsp3) is 0.190. The zero-order chi connectivity index (χ0) is 19.2. The maximum atomic E-state index is 12.1. The number of hydrogen-bond donors (Lipinski definition) is 1. The minimum atomic E-state index is -0.103. The Balaban J connectivity index is 1.59. The first-order valence-electron chi connectivity index (χ1n) is 8.53. The number of nitrogens with one attached hydrogen (secondary N) is 1. The number of ether oxygens (including phenoxy) is 1. The number of amides is 1. The smallest absolute Gasteiger partial charge is 0.234 e. The number of aromatic nitrogens is 2. The molecule has 3 rings (SSSR count). The largest absolute Gasteiger partial charge is 0.497 e. The molecule has 3 aromatic rings. The number of carbonyl (C=O) groups excluding carboxylic acids is 1. The molecule has 138 valence electrons. The van der Waals surface area contributed by atoms with E-state index in [9.17, 15) is 4.79 Å². The zero-order valence-corrected chi connectivity index (χ0v) is 16.3. The van der Waals surface area contributed by atoms with E-state index in [4.69, 9.17) is 4.74 Å². The van der Waals surface area contributed by atoms with Crippen LogP contribution in [0.15, 0.2) is 59.6 Å². The number of nitrogens with zero attached hydrogens (tertiary/aromatic N) is 2. The van der Waals surface area contributed by atoms with Gasteiger partial charge in [0.05, 0.1) is 18.6 Å². The zero-order valence-electron chi connectivity index (χ0n) is 15.5. The lowest BCUT2D eigenvalue weighted by Crippen LogP contribution is -2.14. The first-order chi connectivity index (χ1) is 13.0. The first-order valence-corrected chi connectivity index (χ1v) is 9.52. The van der Waals surface area contributed by atoms with Gasteiger partial charge in [0.15, 0.2) is 0 Å². The van der Waals surface area contributed by atoms with Crippen LogP contribution in [0.4, 0.5) is 5.69 Å². The third-order valence-corrected chi connectivity index (χ3v) is 4.92. The van der Waals surface area contributed by atoms with E-state index in [1.54, 1.807) is 13.2 Å². The van der Waals surface area contributed by atoms with E-state index in [2.05, 4.69) is 47.6 Å². The van der Waals surface area contributed by atoms with Crippen molar-refractivity contribution in [3.8, 4) is 17.0 Å². The van der Waals surface area contributed by atoms with Gasteiger partial charge in [0, 0.05) is 17.3 Å². The van der Waals surface area contributed by atoms with Crippen LogP contribution in [-0.4, -0.2) is 29.0 Å². The molecule has 6 heteroatoms. The van der Waals surface area contributed by atoms with Crippen molar-refractivity contribution in [2.45, 2.75) is 18.9 Å². The van der Waals surface area contributed by atoms with Gasteiger partial charge in [-0.3, -0.25) is 4.79 Å². The number of methoxy groups -OCH3 is 1. The Bertz CT molecular complexity index is 942. The van der Waals surface area contributed by atoms with Crippen LogP contribution < -0.4 is 10.1 Å². The highest BCUT2D eigenvalue weighted by Gasteiger charge is 2.08. The Morgan fingerprint density at radius 3 is 2.63 bits per heavy atom. The van der Waals surface area contributed by atoms with Crippen molar-refractivity contribution in [2.75, 3.05) is 18.2 Å². The normalized spacial score (nSPS) is 10.5. The van der Waals surface area contributed by atoms with Gasteiger partial charge in [-0.2, -0.15) is 0 Å². The highest BCUT2D eigenvalue weighted by molar-refractivity contribution is 7.99. The molecule has 0 atom stereocenters. The summed E-state index contributed by atoms with van der Waals surface area (Å²) in [5.74, 6) is 0.858. The molecule has 0 aliphatic rings. The van der Waals surface area contributed by atoms with Gasteiger partial charge in [0.2, 0.25) is 5.91 Å². The molecule has 0 radical (unpaired) electrons. The Morgan fingerprint density at radius 2 is 1.93 bits per heavy atom. The van der Waals surface area contributed by atoms with Crippen molar-refractivity contribution < 1.29 is 9.53 Å². The lowest BCUT2D eigenvalue weighted by Gasteiger charge is -2.08. The van der Waals surface area contributed by atoms with Crippen LogP contribution in [0, 0.1) is 13.8 Å². The molecule has 1 amide bonds. The summed E-state index contributed by atoms with van der Waals surface area (Å²) < 4.78 is 5.15. The summed E-state index contributed by atoms with van der Waals surface area (Å²) in [4.78, 5) is 12.1. The molecule has 1 heterocycles. The molecule has 0 saturated carbocycles. The number of benzene rings is 2. The SMILES string of the molecule is COc1cccc(NC(=O)CSc2ccc(-c3ccc(C)cc3C)nn2)c1. The predicted molar refractivity (Wildman–Crippen MR) is 109 cm³/mol. The van der Waals surface area contributed by atoms with Crippen LogP contribution in [0.1, 0.15) is 11.1 Å². The summed E-state index contributed by atoms with van der Waals surface area (Å²) in [7, 11) is 1.59. The van der Waals surface area contributed by atoms with Gasteiger partial charge >= 0.3 is 0 Å². The topological polar surface area (TPSA) is 64.1 Å². The molecule has 1 N–H and O–H groups in total. The Labute approximate surface area is 163 Å². The highest BCUT2D eigenvalue weighted by atomic mass is 32.2. The van der Waals surface area contributed by atoms with Gasteiger partial charge in [0.1, 0.15) is 10.8 Å². The van der Waals surface area contributed by atoms with Crippen LogP contribution in [0.2, 0.25) is 0 Å². The summed E-state index contributed by atoms with van der Waals surface area (Å²) in [5.41, 5.74) is 5.00. The van der Waals surface area contributed by atoms with Crippen molar-refractivity contribution in [1.29, 1.82) is 0 Å². The summed E-state index contributed by atoms with van der Waals surface area (Å²) in [5, 5.41) is 12.1. The highest BCUT2D eigenvalue weighted by Crippen LogP contribution is 2.24. The lowest BCUT2D eigenvalue weighted by atomic mass is 10.0. The van der Waals surface area contributed by atoms with Crippen LogP contribution >= 0.6 is 11.8 Å². The summed E-state index contributed by atoms with van der Waals surface area (Å²) >= 11 is 1.35. The summed E-state index contributed by atoms with van der Waals surface area (Å²) in [6.07, 6.45) is 0. The second-order valence-electron chi connectivity index (χ2n) is 6.14. The fourth-order valence-corrected chi connectivity index (χ4v) is 3.29. The van der Waals surface area contributed by atoms with E-state index in [1.807, 2.05) is 30.3 Å². The Morgan fingerprint density at radius 1 is 1.07 bits per heavy atom. The van der Waals surface area contributed by atoms with Crippen molar-refractivity contribution in [2.24, 2.45) is 0 Å². The number of rotatable bonds is 6. The van der Waals surface area contributed by atoms with Crippen molar-refractivity contribution in [3.05, 3.63) is 65.7 Å². The van der Waals surface area contributed by atoms with Crippen molar-refractivity contribution in [3.63, 3.8) is 0 Å². The summed E-state index contributed by atoms with van der Waals surface area (Å²) in [6, 6.07) is 17.3. The lowest BCUT2D eigenvalue weighted by molar-refractivity contribution is -0.113. The summed E-state index contributed by atoms with van der Waals surface area (Å²) in [6.45, 7) is 4.13. The van der Waals surface area contributed by atoms with Crippen LogP contribution in [0.5, 0.6) is 5.75 Å². The fourth-order valence-electron chi connectivity index (χ4n) is 2.68. The first kappa shape index (κ1) is 18.9. The molecule has 27 heavy (non-hydrogen) atoms. The predicted octanol–water partition coefficient (Wildman–Crippen LogP) is 4.50. The van der Waals surface area contributed by atoms with Crippen LogP contribution in [0.3, 0.4) is 0 Å². The average Bonchev–Trinajstić information content (AvgIpc) is 2.67. The molecule has 0 bridgehead atoms. The van der Waals surface area contributed by atoms with Crippen LogP contribution in [0.25, 0.3) is 11.3 Å². The number of aryl methyl sites for hydroxylation is 2. The molecule has 0 aliphatic carbocycles. The maximum absolute atomic E-state index is 12.1. The minimum absolute atomic E-state index is 0.103. The molecular formula is C21H21N3O2S. The van der Waals surface area contributed by atoms with E-state index < -0.39 is 0 Å². The van der Waals surface area contributed by atoms with Gasteiger partial charge in [-0.1, -0.05) is 41.6 Å². The number of thioether (sulfide) groups is 1. The molecule has 2 aromatic carbocycles. The average molecular weight is 379 g/mol. The van der Waals surface area contributed by atoms with E-state index in [1.165, 1.54) is 22.9 Å². The van der Waals surface area contributed by atoms with Gasteiger partial charge in [-0.15, -0.1) is 10.2 Å². The van der Waals surface area contributed by atoms with Gasteiger partial charge in [-0.05, 0) is 43.7 Å². The number of carbonyl (C=O) groups is 1. The van der Waals surface area contributed by atoms with E-state index in [0.29, 0.717) is 16.5 Å². The third kappa shape index (κ3) is 5.08. The molecule has 0 spiro atoms. The van der Waals surface area contributed by atoms with Crippen molar-refractivity contribution in [1.82, 2.24) is 10.2 Å². The maximum Gasteiger partial charge on any atom is 0.234 e. The Kier molecular flexibility index (Phi) is 6.08. The van der Waals surface area contributed by atoms with Gasteiger partial charge < -0.3 is 10.1 Å². The monoisotopic (exact) mass is 379 g/mol. The van der Waals surface area contributed by atoms with Gasteiger partial charge in [0.25, 0.3) is 0 Å². The van der Waals surface area contributed by atoms with Crippen molar-refractivity contribution >= 4 is 23.4 Å². The molecule has 0 unspecified atom stereocenters. The molecule has 0 fully saturated rings. The second-order valence-corrected chi connectivity index (χ2v) is 7.14. The second kappa shape index (κ2) is 8.68. The van der Waals surface area contributed by atoms with E-state index in [-0.39, 0.29) is 11.7 Å². The Hall–Kier alpha value is -2.86. The molecular weight excluding hydrogens is 358 g/mol.